The van der Waals surface area contributed by atoms with Gasteiger partial charge in [-0.15, -0.1) is 0 Å². The van der Waals surface area contributed by atoms with E-state index in [1.807, 2.05) is 24.3 Å². The lowest BCUT2D eigenvalue weighted by Gasteiger charge is -2.08. The number of nitrogens with zero attached hydrogens (tertiary/aromatic N) is 2. The van der Waals surface area contributed by atoms with Gasteiger partial charge in [-0.05, 0) is 30.3 Å². The van der Waals surface area contributed by atoms with E-state index in [-0.39, 0.29) is 0 Å². The first-order valence-electron chi connectivity index (χ1n) is 6.67. The highest BCUT2D eigenvalue weighted by Crippen LogP contribution is 2.22. The molecule has 0 saturated carbocycles. The lowest BCUT2D eigenvalue weighted by molar-refractivity contribution is 0.308. The second kappa shape index (κ2) is 7.82. The number of hydrogen-bond donors (Lipinski definition) is 1. The summed E-state index contributed by atoms with van der Waals surface area (Å²) in [6, 6.07) is 7.71. The van der Waals surface area contributed by atoms with Crippen molar-refractivity contribution in [1.29, 1.82) is 0 Å². The molecule has 0 aliphatic heterocycles. The third-order valence-electron chi connectivity index (χ3n) is 2.77. The second-order valence-corrected chi connectivity index (χ2v) is 4.74. The topological polar surface area (TPSA) is 47.0 Å². The number of rotatable bonds is 7. The van der Waals surface area contributed by atoms with Crippen LogP contribution in [-0.2, 0) is 13.0 Å². The molecular formula is C15H18ClN3O. The van der Waals surface area contributed by atoms with E-state index >= 15 is 0 Å². The van der Waals surface area contributed by atoms with Crippen molar-refractivity contribution in [2.24, 2.45) is 0 Å². The van der Waals surface area contributed by atoms with Gasteiger partial charge in [0, 0.05) is 31.1 Å². The van der Waals surface area contributed by atoms with Gasteiger partial charge < -0.3 is 10.1 Å². The molecule has 0 spiro atoms. The lowest BCUT2D eigenvalue weighted by Crippen LogP contribution is -2.12. The van der Waals surface area contributed by atoms with Gasteiger partial charge in [-0.25, -0.2) is 4.98 Å². The third-order valence-corrected chi connectivity index (χ3v) is 3.04. The van der Waals surface area contributed by atoms with Crippen LogP contribution >= 0.6 is 11.6 Å². The van der Waals surface area contributed by atoms with E-state index in [1.165, 1.54) is 0 Å². The van der Waals surface area contributed by atoms with E-state index in [0.717, 1.165) is 30.8 Å². The zero-order chi connectivity index (χ0) is 14.2. The average molecular weight is 292 g/mol. The maximum absolute atomic E-state index is 6.16. The van der Waals surface area contributed by atoms with E-state index in [4.69, 9.17) is 16.3 Å². The summed E-state index contributed by atoms with van der Waals surface area (Å²) in [6.45, 7) is 4.25. The van der Waals surface area contributed by atoms with Gasteiger partial charge in [0.1, 0.15) is 5.02 Å². The highest BCUT2D eigenvalue weighted by atomic mass is 35.5. The highest BCUT2D eigenvalue weighted by Gasteiger charge is 2.05. The smallest absolute Gasteiger partial charge is 0.232 e. The predicted octanol–water partition coefficient (Wildman–Crippen LogP) is 2.86. The van der Waals surface area contributed by atoms with Crippen LogP contribution in [0.5, 0.6) is 5.88 Å². The molecule has 0 bridgehead atoms. The summed E-state index contributed by atoms with van der Waals surface area (Å²) < 4.78 is 5.60. The Morgan fingerprint density at radius 3 is 2.90 bits per heavy atom. The van der Waals surface area contributed by atoms with Gasteiger partial charge in [0.05, 0.1) is 6.61 Å². The van der Waals surface area contributed by atoms with Crippen LogP contribution in [0, 0.1) is 0 Å². The first-order valence-corrected chi connectivity index (χ1v) is 7.05. The molecule has 2 heterocycles. The molecule has 2 aromatic rings. The van der Waals surface area contributed by atoms with Crippen LogP contribution in [0.25, 0.3) is 0 Å². The minimum absolute atomic E-state index is 0.475. The molecule has 2 rings (SSSR count). The number of aromatic nitrogens is 2. The zero-order valence-electron chi connectivity index (χ0n) is 11.5. The normalized spacial score (nSPS) is 10.5. The summed E-state index contributed by atoms with van der Waals surface area (Å²) >= 11 is 6.16. The van der Waals surface area contributed by atoms with Crippen LogP contribution in [-0.4, -0.2) is 23.1 Å². The standard InChI is InChI=1S/C15H18ClN3O/c1-2-17-10-12-9-14(16)15(19-11-12)20-8-6-13-5-3-4-7-18-13/h3-5,7,9,11,17H,2,6,8,10H2,1H3. The Morgan fingerprint density at radius 2 is 2.20 bits per heavy atom. The molecule has 5 heteroatoms. The maximum Gasteiger partial charge on any atom is 0.232 e. The number of pyridine rings is 2. The monoisotopic (exact) mass is 291 g/mol. The fourth-order valence-electron chi connectivity index (χ4n) is 1.74. The predicted molar refractivity (Wildman–Crippen MR) is 80.1 cm³/mol. The first-order chi connectivity index (χ1) is 9.79. The van der Waals surface area contributed by atoms with E-state index in [1.54, 1.807) is 12.4 Å². The van der Waals surface area contributed by atoms with Crippen LogP contribution in [0.2, 0.25) is 5.02 Å². The van der Waals surface area contributed by atoms with Crippen LogP contribution in [0.1, 0.15) is 18.2 Å². The van der Waals surface area contributed by atoms with Gasteiger partial charge in [-0.2, -0.15) is 0 Å². The summed E-state index contributed by atoms with van der Waals surface area (Å²) in [5.74, 6) is 0.475. The molecule has 0 aliphatic carbocycles. The molecule has 1 N–H and O–H groups in total. The van der Waals surface area contributed by atoms with E-state index in [9.17, 15) is 0 Å². The molecular weight excluding hydrogens is 274 g/mol. The van der Waals surface area contributed by atoms with Crippen molar-refractivity contribution >= 4 is 11.6 Å². The van der Waals surface area contributed by atoms with Crippen molar-refractivity contribution < 1.29 is 4.74 Å². The highest BCUT2D eigenvalue weighted by molar-refractivity contribution is 6.31. The van der Waals surface area contributed by atoms with E-state index in [0.29, 0.717) is 17.5 Å². The molecule has 2 aromatic heterocycles. The van der Waals surface area contributed by atoms with Crippen molar-refractivity contribution in [1.82, 2.24) is 15.3 Å². The van der Waals surface area contributed by atoms with Crippen LogP contribution in [0.4, 0.5) is 0 Å². The maximum atomic E-state index is 6.16. The molecule has 0 saturated heterocycles. The molecule has 0 atom stereocenters. The minimum atomic E-state index is 0.475. The van der Waals surface area contributed by atoms with Gasteiger partial charge >= 0.3 is 0 Å². The van der Waals surface area contributed by atoms with Gasteiger partial charge in [0.2, 0.25) is 5.88 Å². The Hall–Kier alpha value is -1.65. The summed E-state index contributed by atoms with van der Waals surface area (Å²) in [4.78, 5) is 8.49. The molecule has 106 valence electrons. The first kappa shape index (κ1) is 14.8. The number of ether oxygens (including phenoxy) is 1. The molecule has 0 amide bonds. The van der Waals surface area contributed by atoms with Gasteiger partial charge in [0.25, 0.3) is 0 Å². The van der Waals surface area contributed by atoms with Crippen molar-refractivity contribution in [2.75, 3.05) is 13.2 Å². The number of nitrogens with one attached hydrogen (secondary N) is 1. The largest absolute Gasteiger partial charge is 0.476 e. The van der Waals surface area contributed by atoms with Gasteiger partial charge in [-0.3, -0.25) is 4.98 Å². The SMILES string of the molecule is CCNCc1cnc(OCCc2ccccn2)c(Cl)c1. The summed E-state index contributed by atoms with van der Waals surface area (Å²) in [5.41, 5.74) is 2.04. The van der Waals surface area contributed by atoms with Gasteiger partial charge in [-0.1, -0.05) is 24.6 Å². The molecule has 0 aliphatic rings. The Balaban J connectivity index is 1.86. The Bertz CT molecular complexity index is 534. The number of hydrogen-bond acceptors (Lipinski definition) is 4. The van der Waals surface area contributed by atoms with Crippen molar-refractivity contribution in [3.8, 4) is 5.88 Å². The third kappa shape index (κ3) is 4.47. The summed E-state index contributed by atoms with van der Waals surface area (Å²) in [7, 11) is 0. The minimum Gasteiger partial charge on any atom is -0.476 e. The summed E-state index contributed by atoms with van der Waals surface area (Å²) in [6.07, 6.45) is 4.29. The van der Waals surface area contributed by atoms with Crippen LogP contribution < -0.4 is 10.1 Å². The Morgan fingerprint density at radius 1 is 1.30 bits per heavy atom. The molecule has 0 fully saturated rings. The van der Waals surface area contributed by atoms with Crippen molar-refractivity contribution in [3.05, 3.63) is 52.9 Å². The molecule has 4 nitrogen and oxygen atoms in total. The second-order valence-electron chi connectivity index (χ2n) is 4.33. The van der Waals surface area contributed by atoms with E-state index in [2.05, 4.69) is 22.2 Å². The van der Waals surface area contributed by atoms with Crippen molar-refractivity contribution in [3.63, 3.8) is 0 Å². The summed E-state index contributed by atoms with van der Waals surface area (Å²) in [5, 5.41) is 3.77. The lowest BCUT2D eigenvalue weighted by atomic mass is 10.3. The zero-order valence-corrected chi connectivity index (χ0v) is 12.2. The number of halogens is 1. The van der Waals surface area contributed by atoms with Crippen molar-refractivity contribution in [2.45, 2.75) is 19.9 Å². The van der Waals surface area contributed by atoms with Crippen LogP contribution in [0.15, 0.2) is 36.7 Å². The molecule has 0 aromatic carbocycles. The molecule has 20 heavy (non-hydrogen) atoms. The van der Waals surface area contributed by atoms with Crippen LogP contribution in [0.3, 0.4) is 0 Å². The Labute approximate surface area is 124 Å². The fraction of sp³-hybridized carbons (Fsp3) is 0.333. The fourth-order valence-corrected chi connectivity index (χ4v) is 1.98. The average Bonchev–Trinajstić information content (AvgIpc) is 2.48. The quantitative estimate of drug-likeness (QED) is 0.852. The Kier molecular flexibility index (Phi) is 5.77. The van der Waals surface area contributed by atoms with E-state index < -0.39 is 0 Å². The molecule has 0 unspecified atom stereocenters. The van der Waals surface area contributed by atoms with Gasteiger partial charge in [0.15, 0.2) is 0 Å². The molecule has 0 radical (unpaired) electrons.